The SMILES string of the molecule is O=C(Nc1ccc(Cl)cc1Cl)c1cc2ccc(OCc3ccccc3)cc2[nH]1. The number of carbonyl (C=O) groups is 1. The van der Waals surface area contributed by atoms with Crippen molar-refractivity contribution < 1.29 is 9.53 Å². The van der Waals surface area contributed by atoms with Crippen molar-refractivity contribution in [3.63, 3.8) is 0 Å². The summed E-state index contributed by atoms with van der Waals surface area (Å²) in [6.45, 7) is 0.482. The maximum Gasteiger partial charge on any atom is 0.272 e. The topological polar surface area (TPSA) is 54.1 Å². The summed E-state index contributed by atoms with van der Waals surface area (Å²) in [5.41, 5.74) is 2.84. The summed E-state index contributed by atoms with van der Waals surface area (Å²) in [5, 5.41) is 4.59. The van der Waals surface area contributed by atoms with E-state index in [0.29, 0.717) is 28.0 Å². The second kappa shape index (κ2) is 7.97. The highest BCUT2D eigenvalue weighted by atomic mass is 35.5. The normalized spacial score (nSPS) is 10.8. The van der Waals surface area contributed by atoms with Crippen molar-refractivity contribution in [1.29, 1.82) is 0 Å². The van der Waals surface area contributed by atoms with E-state index < -0.39 is 0 Å². The van der Waals surface area contributed by atoms with Crippen molar-refractivity contribution in [3.05, 3.63) is 94.1 Å². The number of fused-ring (bicyclic) bond motifs is 1. The molecule has 0 saturated carbocycles. The molecule has 0 aliphatic rings. The molecule has 0 saturated heterocycles. The lowest BCUT2D eigenvalue weighted by atomic mass is 10.2. The van der Waals surface area contributed by atoms with Crippen LogP contribution in [0.3, 0.4) is 0 Å². The van der Waals surface area contributed by atoms with Gasteiger partial charge < -0.3 is 15.0 Å². The summed E-state index contributed by atoms with van der Waals surface area (Å²) < 4.78 is 5.84. The minimum absolute atomic E-state index is 0.285. The van der Waals surface area contributed by atoms with Crippen LogP contribution in [0.2, 0.25) is 10.0 Å². The van der Waals surface area contributed by atoms with E-state index in [1.807, 2.05) is 48.5 Å². The van der Waals surface area contributed by atoms with Crippen LogP contribution in [-0.4, -0.2) is 10.9 Å². The van der Waals surface area contributed by atoms with Crippen molar-refractivity contribution in [2.24, 2.45) is 0 Å². The molecule has 140 valence electrons. The van der Waals surface area contributed by atoms with Gasteiger partial charge in [-0.05, 0) is 42.0 Å². The van der Waals surface area contributed by atoms with Gasteiger partial charge in [0.2, 0.25) is 0 Å². The van der Waals surface area contributed by atoms with Gasteiger partial charge in [0, 0.05) is 22.0 Å². The molecule has 3 aromatic carbocycles. The third-order valence-corrected chi connectivity index (χ3v) is 4.81. The molecule has 2 N–H and O–H groups in total. The largest absolute Gasteiger partial charge is 0.489 e. The number of amides is 1. The van der Waals surface area contributed by atoms with Crippen molar-refractivity contribution in [2.75, 3.05) is 5.32 Å². The average Bonchev–Trinajstić information content (AvgIpc) is 3.13. The Morgan fingerprint density at radius 3 is 2.57 bits per heavy atom. The Morgan fingerprint density at radius 1 is 0.964 bits per heavy atom. The third kappa shape index (κ3) is 4.14. The number of benzene rings is 3. The number of nitrogens with one attached hydrogen (secondary N) is 2. The first-order valence-corrected chi connectivity index (χ1v) is 9.40. The van der Waals surface area contributed by atoms with Gasteiger partial charge in [-0.1, -0.05) is 53.5 Å². The molecule has 1 aromatic heterocycles. The Kier molecular flexibility index (Phi) is 5.24. The van der Waals surface area contributed by atoms with E-state index in [2.05, 4.69) is 10.3 Å². The molecule has 0 unspecified atom stereocenters. The van der Waals surface area contributed by atoms with Crippen LogP contribution in [0, 0.1) is 0 Å². The van der Waals surface area contributed by atoms with Gasteiger partial charge >= 0.3 is 0 Å². The lowest BCUT2D eigenvalue weighted by molar-refractivity contribution is 0.102. The number of carbonyl (C=O) groups excluding carboxylic acids is 1. The summed E-state index contributed by atoms with van der Waals surface area (Å²) in [7, 11) is 0. The molecule has 1 heterocycles. The quantitative estimate of drug-likeness (QED) is 0.405. The first-order chi connectivity index (χ1) is 13.6. The molecule has 0 atom stereocenters. The zero-order valence-corrected chi connectivity index (χ0v) is 16.2. The zero-order chi connectivity index (χ0) is 19.5. The second-order valence-electron chi connectivity index (χ2n) is 6.28. The van der Waals surface area contributed by atoms with Gasteiger partial charge in [0.25, 0.3) is 5.91 Å². The Bertz CT molecular complexity index is 1140. The summed E-state index contributed by atoms with van der Waals surface area (Å²) in [5.74, 6) is 0.443. The van der Waals surface area contributed by atoms with Gasteiger partial charge in [0.05, 0.1) is 10.7 Å². The predicted molar refractivity (Wildman–Crippen MR) is 113 cm³/mol. The van der Waals surface area contributed by atoms with Crippen LogP contribution in [-0.2, 0) is 6.61 Å². The Hall–Kier alpha value is -2.95. The fraction of sp³-hybridized carbons (Fsp3) is 0.0455. The van der Waals surface area contributed by atoms with Crippen LogP contribution in [0.25, 0.3) is 10.9 Å². The van der Waals surface area contributed by atoms with E-state index >= 15 is 0 Å². The molecule has 4 nitrogen and oxygen atoms in total. The Labute approximate surface area is 172 Å². The van der Waals surface area contributed by atoms with Crippen LogP contribution in [0.1, 0.15) is 16.1 Å². The number of ether oxygens (including phenoxy) is 1. The zero-order valence-electron chi connectivity index (χ0n) is 14.7. The van der Waals surface area contributed by atoms with Crippen LogP contribution < -0.4 is 10.1 Å². The molecule has 4 aromatic rings. The fourth-order valence-electron chi connectivity index (χ4n) is 2.84. The lowest BCUT2D eigenvalue weighted by Crippen LogP contribution is -2.12. The first kappa shape index (κ1) is 18.4. The van der Waals surface area contributed by atoms with Gasteiger partial charge in [-0.3, -0.25) is 4.79 Å². The Morgan fingerprint density at radius 2 is 1.79 bits per heavy atom. The van der Waals surface area contributed by atoms with Crippen molar-refractivity contribution in [2.45, 2.75) is 6.61 Å². The number of hydrogen-bond acceptors (Lipinski definition) is 2. The van der Waals surface area contributed by atoms with E-state index in [4.69, 9.17) is 27.9 Å². The van der Waals surface area contributed by atoms with Crippen molar-refractivity contribution >= 4 is 45.7 Å². The number of halogens is 2. The van der Waals surface area contributed by atoms with Crippen molar-refractivity contribution in [1.82, 2.24) is 4.98 Å². The monoisotopic (exact) mass is 410 g/mol. The highest BCUT2D eigenvalue weighted by Gasteiger charge is 2.12. The van der Waals surface area contributed by atoms with Crippen LogP contribution >= 0.6 is 23.2 Å². The molecule has 6 heteroatoms. The highest BCUT2D eigenvalue weighted by Crippen LogP contribution is 2.27. The van der Waals surface area contributed by atoms with Gasteiger partial charge in [-0.15, -0.1) is 0 Å². The lowest BCUT2D eigenvalue weighted by Gasteiger charge is -2.06. The number of aromatic amines is 1. The van der Waals surface area contributed by atoms with E-state index in [0.717, 1.165) is 22.2 Å². The molecule has 0 aliphatic carbocycles. The molecule has 1 amide bonds. The fourth-order valence-corrected chi connectivity index (χ4v) is 3.30. The highest BCUT2D eigenvalue weighted by molar-refractivity contribution is 6.36. The number of rotatable bonds is 5. The first-order valence-electron chi connectivity index (χ1n) is 8.64. The van der Waals surface area contributed by atoms with Crippen LogP contribution in [0.15, 0.2) is 72.8 Å². The summed E-state index contributed by atoms with van der Waals surface area (Å²) in [4.78, 5) is 15.7. The van der Waals surface area contributed by atoms with Gasteiger partial charge in [0.1, 0.15) is 18.1 Å². The number of aromatic nitrogens is 1. The van der Waals surface area contributed by atoms with Gasteiger partial charge in [-0.25, -0.2) is 0 Å². The standard InChI is InChI=1S/C22H16Cl2N2O2/c23-16-7-9-19(18(24)11-16)26-22(27)21-10-15-6-8-17(12-20(15)25-21)28-13-14-4-2-1-3-5-14/h1-12,25H,13H2,(H,26,27). The van der Waals surface area contributed by atoms with E-state index in [1.54, 1.807) is 24.3 Å². The molecule has 0 bridgehead atoms. The summed E-state index contributed by atoms with van der Waals surface area (Å²) in [6.07, 6.45) is 0. The maximum absolute atomic E-state index is 12.6. The van der Waals surface area contributed by atoms with E-state index in [1.165, 1.54) is 0 Å². The molecule has 28 heavy (non-hydrogen) atoms. The average molecular weight is 411 g/mol. The molecule has 0 aliphatic heterocycles. The smallest absolute Gasteiger partial charge is 0.272 e. The summed E-state index contributed by atoms with van der Waals surface area (Å²) in [6, 6.07) is 22.3. The van der Waals surface area contributed by atoms with E-state index in [9.17, 15) is 4.79 Å². The van der Waals surface area contributed by atoms with E-state index in [-0.39, 0.29) is 5.91 Å². The minimum atomic E-state index is -0.285. The molecular formula is C22H16Cl2N2O2. The number of H-pyrrole nitrogens is 1. The van der Waals surface area contributed by atoms with Crippen molar-refractivity contribution in [3.8, 4) is 5.75 Å². The van der Waals surface area contributed by atoms with Crippen LogP contribution in [0.4, 0.5) is 5.69 Å². The number of hydrogen-bond donors (Lipinski definition) is 2. The van der Waals surface area contributed by atoms with Gasteiger partial charge in [0.15, 0.2) is 0 Å². The molecule has 0 radical (unpaired) electrons. The van der Waals surface area contributed by atoms with Crippen LogP contribution in [0.5, 0.6) is 5.75 Å². The molecule has 0 fully saturated rings. The number of anilines is 1. The van der Waals surface area contributed by atoms with Gasteiger partial charge in [-0.2, -0.15) is 0 Å². The molecule has 4 rings (SSSR count). The molecule has 0 spiro atoms. The minimum Gasteiger partial charge on any atom is -0.489 e. The summed E-state index contributed by atoms with van der Waals surface area (Å²) >= 11 is 12.0. The second-order valence-corrected chi connectivity index (χ2v) is 7.13. The maximum atomic E-state index is 12.6. The third-order valence-electron chi connectivity index (χ3n) is 4.27. The molecular weight excluding hydrogens is 395 g/mol. The Balaban J connectivity index is 1.50. The predicted octanol–water partition coefficient (Wildman–Crippen LogP) is 6.31.